The number of hydrogen-bond donors (Lipinski definition) is 0. The molecule has 0 atom stereocenters. The van der Waals surface area contributed by atoms with E-state index in [1.807, 2.05) is 72.8 Å². The summed E-state index contributed by atoms with van der Waals surface area (Å²) in [6.07, 6.45) is 5.23. The molecule has 0 spiro atoms. The minimum atomic E-state index is -0.264. The van der Waals surface area contributed by atoms with E-state index < -0.39 is 0 Å². The first-order chi connectivity index (χ1) is 15.7. The molecule has 0 aliphatic carbocycles. The molecule has 0 fully saturated rings. The van der Waals surface area contributed by atoms with Gasteiger partial charge in [0, 0.05) is 11.6 Å². The second-order valence-corrected chi connectivity index (χ2v) is 7.11. The van der Waals surface area contributed by atoms with Crippen LogP contribution in [-0.2, 0) is 0 Å². The first-order valence-electron chi connectivity index (χ1n) is 10.1. The molecule has 0 aliphatic heterocycles. The maximum absolute atomic E-state index is 13.2. The molecule has 0 aliphatic rings. The van der Waals surface area contributed by atoms with E-state index >= 15 is 0 Å². The van der Waals surface area contributed by atoms with E-state index in [2.05, 4.69) is 10.1 Å². The molecular weight excluding hydrogens is 402 g/mol. The van der Waals surface area contributed by atoms with Crippen LogP contribution in [0.15, 0.2) is 99.3 Å². The number of hydrogen-bond acceptors (Lipinski definition) is 5. The van der Waals surface area contributed by atoms with E-state index in [0.29, 0.717) is 22.5 Å². The second kappa shape index (κ2) is 8.35. The summed E-state index contributed by atoms with van der Waals surface area (Å²) in [7, 11) is 1.63. The van der Waals surface area contributed by atoms with E-state index in [-0.39, 0.29) is 5.56 Å². The van der Waals surface area contributed by atoms with Crippen molar-refractivity contribution in [1.29, 1.82) is 0 Å². The number of fused-ring (bicyclic) bond motifs is 2. The standard InChI is InChI=1S/C26H19N3O3/c1-31-20-14-12-18(13-15-20)7-6-16-27-29-25(24-17-19-8-2-5-11-23(19)32-24)28-22-10-4-3-9-21(22)26(29)30/h2-17H,1H3/b7-6+,27-16?. The topological polar surface area (TPSA) is 69.6 Å². The molecule has 2 heterocycles. The zero-order valence-corrected chi connectivity index (χ0v) is 17.3. The first-order valence-corrected chi connectivity index (χ1v) is 10.1. The van der Waals surface area contributed by atoms with Crippen molar-refractivity contribution < 1.29 is 9.15 Å². The van der Waals surface area contributed by atoms with Crippen LogP contribution in [0.3, 0.4) is 0 Å². The number of allylic oxidation sites excluding steroid dienone is 1. The van der Waals surface area contributed by atoms with Gasteiger partial charge in [0.25, 0.3) is 5.56 Å². The Balaban J connectivity index is 1.58. The molecule has 0 amide bonds. The summed E-state index contributed by atoms with van der Waals surface area (Å²) in [5, 5.41) is 5.82. The maximum Gasteiger partial charge on any atom is 0.282 e. The molecule has 0 saturated carbocycles. The number of benzene rings is 3. The van der Waals surface area contributed by atoms with Gasteiger partial charge >= 0.3 is 0 Å². The number of methoxy groups -OCH3 is 1. The van der Waals surface area contributed by atoms with Crippen LogP contribution in [0.2, 0.25) is 0 Å². The second-order valence-electron chi connectivity index (χ2n) is 7.11. The van der Waals surface area contributed by atoms with Gasteiger partial charge in [-0.3, -0.25) is 4.79 Å². The third-order valence-corrected chi connectivity index (χ3v) is 5.07. The molecule has 6 heteroatoms. The van der Waals surface area contributed by atoms with Gasteiger partial charge in [-0.1, -0.05) is 48.5 Å². The summed E-state index contributed by atoms with van der Waals surface area (Å²) in [6, 6.07) is 24.4. The smallest absolute Gasteiger partial charge is 0.282 e. The van der Waals surface area contributed by atoms with Crippen molar-refractivity contribution in [3.63, 3.8) is 0 Å². The lowest BCUT2D eigenvalue weighted by Gasteiger charge is -2.06. The third-order valence-electron chi connectivity index (χ3n) is 5.07. The number of aromatic nitrogens is 2. The number of para-hydroxylation sites is 2. The van der Waals surface area contributed by atoms with Gasteiger partial charge in [-0.2, -0.15) is 9.78 Å². The predicted molar refractivity (Wildman–Crippen MR) is 127 cm³/mol. The van der Waals surface area contributed by atoms with Gasteiger partial charge in [0.05, 0.1) is 18.0 Å². The third kappa shape index (κ3) is 3.70. The molecule has 0 bridgehead atoms. The van der Waals surface area contributed by atoms with E-state index in [0.717, 1.165) is 22.3 Å². The molecule has 0 unspecified atom stereocenters. The van der Waals surface area contributed by atoms with Crippen molar-refractivity contribution in [2.45, 2.75) is 0 Å². The lowest BCUT2D eigenvalue weighted by Crippen LogP contribution is -2.20. The first kappa shape index (κ1) is 19.5. The highest BCUT2D eigenvalue weighted by atomic mass is 16.5. The highest BCUT2D eigenvalue weighted by molar-refractivity contribution is 5.84. The molecular formula is C26H19N3O3. The summed E-state index contributed by atoms with van der Waals surface area (Å²) < 4.78 is 12.4. The predicted octanol–water partition coefficient (Wildman–Crippen LogP) is 5.37. The van der Waals surface area contributed by atoms with E-state index in [4.69, 9.17) is 9.15 Å². The van der Waals surface area contributed by atoms with Gasteiger partial charge < -0.3 is 9.15 Å². The molecule has 2 aromatic heterocycles. The van der Waals surface area contributed by atoms with Crippen LogP contribution in [0.1, 0.15) is 5.56 Å². The zero-order valence-electron chi connectivity index (χ0n) is 17.3. The van der Waals surface area contributed by atoms with E-state index in [1.54, 1.807) is 31.5 Å². The lowest BCUT2D eigenvalue weighted by atomic mass is 10.2. The molecule has 0 radical (unpaired) electrons. The van der Waals surface area contributed by atoms with Crippen LogP contribution >= 0.6 is 0 Å². The highest BCUT2D eigenvalue weighted by Gasteiger charge is 2.16. The van der Waals surface area contributed by atoms with Crippen LogP contribution in [0.5, 0.6) is 5.75 Å². The van der Waals surface area contributed by atoms with Crippen molar-refractivity contribution in [1.82, 2.24) is 9.66 Å². The van der Waals surface area contributed by atoms with Gasteiger partial charge in [0.2, 0.25) is 5.82 Å². The molecule has 0 saturated heterocycles. The van der Waals surface area contributed by atoms with E-state index in [9.17, 15) is 4.79 Å². The van der Waals surface area contributed by atoms with Crippen LogP contribution in [0.25, 0.3) is 39.5 Å². The molecule has 0 N–H and O–H groups in total. The van der Waals surface area contributed by atoms with Crippen LogP contribution in [-0.4, -0.2) is 23.0 Å². The summed E-state index contributed by atoms with van der Waals surface area (Å²) in [6.45, 7) is 0. The van der Waals surface area contributed by atoms with Gasteiger partial charge in [0.15, 0.2) is 5.76 Å². The Morgan fingerprint density at radius 3 is 2.59 bits per heavy atom. The summed E-state index contributed by atoms with van der Waals surface area (Å²) in [4.78, 5) is 17.9. The number of nitrogens with zero attached hydrogens (tertiary/aromatic N) is 3. The fraction of sp³-hybridized carbons (Fsp3) is 0.0385. The number of furan rings is 1. The van der Waals surface area contributed by atoms with Crippen molar-refractivity contribution >= 4 is 34.2 Å². The Morgan fingerprint density at radius 2 is 1.78 bits per heavy atom. The maximum atomic E-state index is 13.2. The average Bonchev–Trinajstić information content (AvgIpc) is 3.27. The minimum Gasteiger partial charge on any atom is -0.497 e. The summed E-state index contributed by atoms with van der Waals surface area (Å²) >= 11 is 0. The summed E-state index contributed by atoms with van der Waals surface area (Å²) in [5.41, 5.74) is 2.03. The van der Waals surface area contributed by atoms with Crippen molar-refractivity contribution in [3.8, 4) is 17.3 Å². The zero-order chi connectivity index (χ0) is 21.9. The Bertz CT molecular complexity index is 1490. The highest BCUT2D eigenvalue weighted by Crippen LogP contribution is 2.27. The quantitative estimate of drug-likeness (QED) is 0.358. The molecule has 6 nitrogen and oxygen atoms in total. The van der Waals surface area contributed by atoms with Crippen LogP contribution in [0, 0.1) is 0 Å². The van der Waals surface area contributed by atoms with Crippen molar-refractivity contribution in [3.05, 3.63) is 101 Å². The average molecular weight is 421 g/mol. The SMILES string of the molecule is COc1ccc(/C=C/C=Nn2c(-c3cc4ccccc4o3)nc3ccccc3c2=O)cc1. The van der Waals surface area contributed by atoms with Crippen molar-refractivity contribution in [2.24, 2.45) is 5.10 Å². The molecule has 5 aromatic rings. The molecule has 3 aromatic carbocycles. The fourth-order valence-electron chi connectivity index (χ4n) is 3.46. The van der Waals surface area contributed by atoms with Crippen LogP contribution < -0.4 is 10.3 Å². The van der Waals surface area contributed by atoms with Crippen molar-refractivity contribution in [2.75, 3.05) is 7.11 Å². The number of rotatable bonds is 5. The molecule has 5 rings (SSSR count). The minimum absolute atomic E-state index is 0.264. The Kier molecular flexibility index (Phi) is 5.09. The van der Waals surface area contributed by atoms with Gasteiger partial charge in [-0.25, -0.2) is 4.98 Å². The Hall–Kier alpha value is -4.45. The Labute approximate surface area is 183 Å². The fourth-order valence-corrected chi connectivity index (χ4v) is 3.46. The summed E-state index contributed by atoms with van der Waals surface area (Å²) in [5.74, 6) is 1.62. The van der Waals surface area contributed by atoms with Gasteiger partial charge in [-0.15, -0.1) is 0 Å². The molecule has 32 heavy (non-hydrogen) atoms. The van der Waals surface area contributed by atoms with Gasteiger partial charge in [0.1, 0.15) is 11.3 Å². The largest absolute Gasteiger partial charge is 0.497 e. The van der Waals surface area contributed by atoms with E-state index in [1.165, 1.54) is 4.68 Å². The van der Waals surface area contributed by atoms with Gasteiger partial charge in [-0.05, 0) is 48.0 Å². The molecule has 156 valence electrons. The normalized spacial score (nSPS) is 11.8. The number of ether oxygens (including phenoxy) is 1. The lowest BCUT2D eigenvalue weighted by molar-refractivity contribution is 0.415. The Morgan fingerprint density at radius 1 is 1.00 bits per heavy atom. The monoisotopic (exact) mass is 421 g/mol. The van der Waals surface area contributed by atoms with Crippen LogP contribution in [0.4, 0.5) is 0 Å².